The van der Waals surface area contributed by atoms with E-state index in [1.165, 1.54) is 6.33 Å². The van der Waals surface area contributed by atoms with E-state index in [9.17, 15) is 4.79 Å². The summed E-state index contributed by atoms with van der Waals surface area (Å²) in [6.45, 7) is 3.44. The summed E-state index contributed by atoms with van der Waals surface area (Å²) in [5.74, 6) is 0.431. The molecule has 0 bridgehead atoms. The molecule has 1 aromatic carbocycles. The summed E-state index contributed by atoms with van der Waals surface area (Å²) in [6, 6.07) is 10.5. The van der Waals surface area contributed by atoms with Gasteiger partial charge in [-0.25, -0.2) is 9.50 Å². The fourth-order valence-electron chi connectivity index (χ4n) is 6.48. The van der Waals surface area contributed by atoms with Crippen LogP contribution >= 0.6 is 11.6 Å². The molecule has 1 aliphatic carbocycles. The maximum absolute atomic E-state index is 14.1. The average molecular weight is 575 g/mol. The molecule has 3 aromatic heterocycles. The molecule has 4 aromatic rings. The lowest BCUT2D eigenvalue weighted by atomic mass is 10.0. The van der Waals surface area contributed by atoms with Crippen LogP contribution in [0.25, 0.3) is 28.0 Å². The Labute approximate surface area is 244 Å². The maximum atomic E-state index is 14.1. The predicted molar refractivity (Wildman–Crippen MR) is 158 cm³/mol. The van der Waals surface area contributed by atoms with Crippen LogP contribution in [-0.4, -0.2) is 85.5 Å². The Morgan fingerprint density at radius 2 is 1.76 bits per heavy atom. The van der Waals surface area contributed by atoms with Gasteiger partial charge in [-0.2, -0.15) is 10.2 Å². The summed E-state index contributed by atoms with van der Waals surface area (Å²) in [6.07, 6.45) is 9.19. The van der Waals surface area contributed by atoms with Gasteiger partial charge in [0, 0.05) is 53.2 Å². The molecule has 0 radical (unpaired) electrons. The highest BCUT2D eigenvalue weighted by Gasteiger charge is 2.39. The number of carbonyl (C=O) groups is 1. The molecule has 10 nitrogen and oxygen atoms in total. The maximum Gasteiger partial charge on any atom is 0.254 e. The lowest BCUT2D eigenvalue weighted by Gasteiger charge is -2.37. The number of hydrogen-bond acceptors (Lipinski definition) is 7. The second kappa shape index (κ2) is 10.7. The Morgan fingerprint density at radius 1 is 1.00 bits per heavy atom. The topological polar surface area (TPSA) is 107 Å². The molecule has 2 N–H and O–H groups in total. The summed E-state index contributed by atoms with van der Waals surface area (Å²) >= 11 is 6.69. The first kappa shape index (κ1) is 26.4. The minimum absolute atomic E-state index is 0.0543. The van der Waals surface area contributed by atoms with E-state index in [4.69, 9.17) is 22.1 Å². The monoisotopic (exact) mass is 574 g/mol. The first-order chi connectivity index (χ1) is 20.0. The van der Waals surface area contributed by atoms with Crippen molar-refractivity contribution in [2.24, 2.45) is 0 Å². The predicted octanol–water partition coefficient (Wildman–Crippen LogP) is 4.55. The van der Waals surface area contributed by atoms with Crippen molar-refractivity contribution in [3.05, 3.63) is 53.4 Å². The van der Waals surface area contributed by atoms with Crippen LogP contribution < -0.4 is 5.73 Å². The molecule has 2 saturated heterocycles. The molecular weight excluding hydrogens is 540 g/mol. The van der Waals surface area contributed by atoms with E-state index in [2.05, 4.69) is 42.8 Å². The number of halogens is 1. The van der Waals surface area contributed by atoms with E-state index >= 15 is 0 Å². The standard InChI is InChI=1S/C30H35ClN8O2/c1-36-10-5-23(6-11-36)37(22-2-3-22)30(40)20-14-19(15-21(31)16-20)27-17-25(28-29(32)33-18-35-39(27)28)26-4-9-34-38(26)24-7-12-41-13-8-24/h4,9,14-18,22-24H,2-3,5-8,10-13H2,1H3,(H2,32,33,35). The third-order valence-corrected chi connectivity index (χ3v) is 8.98. The van der Waals surface area contributed by atoms with Crippen molar-refractivity contribution < 1.29 is 9.53 Å². The van der Waals surface area contributed by atoms with Gasteiger partial charge < -0.3 is 20.3 Å². The molecule has 5 heterocycles. The van der Waals surface area contributed by atoms with Gasteiger partial charge in [0.25, 0.3) is 5.91 Å². The van der Waals surface area contributed by atoms with Crippen molar-refractivity contribution >= 4 is 28.8 Å². The average Bonchev–Trinajstić information content (AvgIpc) is 3.54. The van der Waals surface area contributed by atoms with Gasteiger partial charge in [0.15, 0.2) is 5.82 Å². The number of fused-ring (bicyclic) bond motifs is 1. The van der Waals surface area contributed by atoms with E-state index in [0.717, 1.165) is 74.1 Å². The summed E-state index contributed by atoms with van der Waals surface area (Å²) in [5, 5.41) is 9.76. The van der Waals surface area contributed by atoms with Crippen molar-refractivity contribution in [2.75, 3.05) is 39.1 Å². The third-order valence-electron chi connectivity index (χ3n) is 8.76. The van der Waals surface area contributed by atoms with E-state index < -0.39 is 0 Å². The number of ether oxygens (including phenoxy) is 1. The smallest absolute Gasteiger partial charge is 0.254 e. The van der Waals surface area contributed by atoms with E-state index in [-0.39, 0.29) is 18.0 Å². The molecule has 2 aliphatic heterocycles. The van der Waals surface area contributed by atoms with Crippen molar-refractivity contribution in [1.82, 2.24) is 34.2 Å². The van der Waals surface area contributed by atoms with Crippen LogP contribution in [-0.2, 0) is 4.74 Å². The van der Waals surface area contributed by atoms with Crippen molar-refractivity contribution in [2.45, 2.75) is 56.7 Å². The first-order valence-corrected chi connectivity index (χ1v) is 14.9. The zero-order valence-electron chi connectivity index (χ0n) is 23.2. The molecule has 11 heteroatoms. The van der Waals surface area contributed by atoms with Crippen LogP contribution in [0.15, 0.2) is 42.9 Å². The van der Waals surface area contributed by atoms with Crippen LogP contribution in [0, 0.1) is 0 Å². The summed E-state index contributed by atoms with van der Waals surface area (Å²) in [7, 11) is 2.14. The fraction of sp³-hybridized carbons (Fsp3) is 0.467. The number of anilines is 1. The van der Waals surface area contributed by atoms with Gasteiger partial charge in [-0.1, -0.05) is 11.6 Å². The van der Waals surface area contributed by atoms with Gasteiger partial charge in [-0.05, 0) is 89.0 Å². The van der Waals surface area contributed by atoms with Crippen LogP contribution in [0.5, 0.6) is 0 Å². The molecule has 7 rings (SSSR count). The first-order valence-electron chi connectivity index (χ1n) is 14.5. The van der Waals surface area contributed by atoms with Gasteiger partial charge in [-0.3, -0.25) is 9.48 Å². The zero-order chi connectivity index (χ0) is 28.1. The van der Waals surface area contributed by atoms with E-state index in [1.807, 2.05) is 24.4 Å². The number of aromatic nitrogens is 5. The van der Waals surface area contributed by atoms with Gasteiger partial charge in [0.1, 0.15) is 11.8 Å². The highest BCUT2D eigenvalue weighted by atomic mass is 35.5. The Hall–Kier alpha value is -3.47. The number of nitrogens with zero attached hydrogens (tertiary/aromatic N) is 7. The number of benzene rings is 1. The summed E-state index contributed by atoms with van der Waals surface area (Å²) in [5.41, 5.74) is 11.2. The zero-order valence-corrected chi connectivity index (χ0v) is 24.0. The van der Waals surface area contributed by atoms with Crippen LogP contribution in [0.2, 0.25) is 5.02 Å². The highest BCUT2D eigenvalue weighted by Crippen LogP contribution is 2.39. The third kappa shape index (κ3) is 4.98. The van der Waals surface area contributed by atoms with Gasteiger partial charge in [0.05, 0.1) is 17.4 Å². The molecule has 1 saturated carbocycles. The molecule has 3 aliphatic rings. The van der Waals surface area contributed by atoms with Crippen molar-refractivity contribution in [1.29, 1.82) is 0 Å². The summed E-state index contributed by atoms with van der Waals surface area (Å²) < 4.78 is 9.45. The van der Waals surface area contributed by atoms with Crippen LogP contribution in [0.1, 0.15) is 54.9 Å². The summed E-state index contributed by atoms with van der Waals surface area (Å²) in [4.78, 5) is 22.8. The molecule has 41 heavy (non-hydrogen) atoms. The quantitative estimate of drug-likeness (QED) is 0.360. The van der Waals surface area contributed by atoms with E-state index in [0.29, 0.717) is 41.2 Å². The minimum Gasteiger partial charge on any atom is -0.382 e. The van der Waals surface area contributed by atoms with Gasteiger partial charge in [0.2, 0.25) is 0 Å². The largest absolute Gasteiger partial charge is 0.382 e. The molecular formula is C30H35ClN8O2. The van der Waals surface area contributed by atoms with Crippen LogP contribution in [0.3, 0.4) is 0 Å². The molecule has 3 fully saturated rings. The molecule has 0 spiro atoms. The Kier molecular flexibility index (Phi) is 6.92. The molecule has 214 valence electrons. The normalized spacial score (nSPS) is 19.2. The number of nitrogen functional groups attached to an aromatic ring is 1. The molecule has 0 atom stereocenters. The minimum atomic E-state index is 0.0543. The lowest BCUT2D eigenvalue weighted by molar-refractivity contribution is 0.0569. The lowest BCUT2D eigenvalue weighted by Crippen LogP contribution is -2.47. The van der Waals surface area contributed by atoms with Crippen molar-refractivity contribution in [3.8, 4) is 22.5 Å². The van der Waals surface area contributed by atoms with Gasteiger partial charge in [-0.15, -0.1) is 0 Å². The molecule has 0 unspecified atom stereocenters. The Morgan fingerprint density at radius 3 is 2.51 bits per heavy atom. The van der Waals surface area contributed by atoms with Crippen molar-refractivity contribution in [3.63, 3.8) is 0 Å². The Balaban J connectivity index is 1.30. The number of piperidine rings is 1. The Bertz CT molecular complexity index is 1580. The van der Waals surface area contributed by atoms with Gasteiger partial charge >= 0.3 is 0 Å². The van der Waals surface area contributed by atoms with E-state index in [1.54, 1.807) is 10.6 Å². The number of rotatable bonds is 6. The number of likely N-dealkylation sites (tertiary alicyclic amines) is 1. The van der Waals surface area contributed by atoms with Crippen LogP contribution in [0.4, 0.5) is 5.82 Å². The number of nitrogens with two attached hydrogens (primary N) is 1. The second-order valence-corrected chi connectivity index (χ2v) is 12.0. The second-order valence-electron chi connectivity index (χ2n) is 11.6. The number of amides is 1. The number of hydrogen-bond donors (Lipinski definition) is 1. The molecule has 1 amide bonds. The highest BCUT2D eigenvalue weighted by molar-refractivity contribution is 6.31. The number of carbonyl (C=O) groups excluding carboxylic acids is 1. The fourth-order valence-corrected chi connectivity index (χ4v) is 6.72. The SMILES string of the molecule is CN1CCC(N(C(=O)c2cc(Cl)cc(-c3cc(-c4ccnn4C4CCOCC4)c4c(N)ncnn34)c2)C2CC2)CC1.